The summed E-state index contributed by atoms with van der Waals surface area (Å²) in [6, 6.07) is 0. The molecule has 0 fully saturated rings. The molecule has 0 aromatic heterocycles. The van der Waals surface area contributed by atoms with Gasteiger partial charge >= 0.3 is 29.6 Å². The molecule has 0 saturated heterocycles. The van der Waals surface area contributed by atoms with Crippen molar-refractivity contribution in [1.29, 1.82) is 0 Å². The summed E-state index contributed by atoms with van der Waals surface area (Å²) >= 11 is 0. The average Bonchev–Trinajstić information content (AvgIpc) is 2.42. The molecule has 0 aromatic rings. The predicted octanol–water partition coefficient (Wildman–Crippen LogP) is -3.32. The number of hydrogen-bond acceptors (Lipinski definition) is 4. The van der Waals surface area contributed by atoms with Gasteiger partial charge in [0.25, 0.3) is 0 Å². The summed E-state index contributed by atoms with van der Waals surface area (Å²) in [4.78, 5) is -1.36. The van der Waals surface area contributed by atoms with Crippen molar-refractivity contribution in [2.75, 3.05) is 0 Å². The quantitative estimate of drug-likeness (QED) is 0.351. The number of allylic oxidation sites excluding steroid dienone is 1. The van der Waals surface area contributed by atoms with E-state index in [9.17, 15) is 13.0 Å². The standard InChI is InChI=1S/C6H7NO3S.Na/c8-11(9,10)6-3-1-5(7-6)2-4-6;/h1-3,7H,4H2,(H,8,9,10);/q;+1/p-1. The van der Waals surface area contributed by atoms with Crippen molar-refractivity contribution in [2.45, 2.75) is 11.3 Å². The molecule has 12 heavy (non-hydrogen) atoms. The Labute approximate surface area is 92.8 Å². The molecule has 0 amide bonds. The van der Waals surface area contributed by atoms with Gasteiger partial charge in [-0.2, -0.15) is 0 Å². The van der Waals surface area contributed by atoms with Gasteiger partial charge in [0.1, 0.15) is 10.1 Å². The predicted molar refractivity (Wildman–Crippen MR) is 37.4 cm³/mol. The minimum atomic E-state index is -4.27. The summed E-state index contributed by atoms with van der Waals surface area (Å²) in [5, 5.41) is 2.63. The summed E-state index contributed by atoms with van der Waals surface area (Å²) < 4.78 is 32.1. The van der Waals surface area contributed by atoms with E-state index < -0.39 is 15.0 Å². The Morgan fingerprint density at radius 2 is 2.25 bits per heavy atom. The van der Waals surface area contributed by atoms with Gasteiger partial charge in [-0.15, -0.1) is 0 Å². The third-order valence-electron chi connectivity index (χ3n) is 1.96. The molecule has 0 aromatic carbocycles. The second kappa shape index (κ2) is 2.85. The summed E-state index contributed by atoms with van der Waals surface area (Å²) in [7, 11) is -4.27. The third-order valence-corrected chi connectivity index (χ3v) is 3.26. The minimum Gasteiger partial charge on any atom is -0.746 e. The molecule has 2 aliphatic heterocycles. The molecule has 1 atom stereocenters. The molecule has 0 radical (unpaired) electrons. The van der Waals surface area contributed by atoms with Crippen LogP contribution in [0.1, 0.15) is 6.42 Å². The van der Waals surface area contributed by atoms with Gasteiger partial charge in [0.15, 0.2) is 4.87 Å². The molecular weight excluding hydrogens is 189 g/mol. The number of rotatable bonds is 1. The normalized spacial score (nSPS) is 30.9. The van der Waals surface area contributed by atoms with Crippen molar-refractivity contribution in [2.24, 2.45) is 0 Å². The Morgan fingerprint density at radius 1 is 1.58 bits per heavy atom. The zero-order chi connectivity index (χ0) is 8.11. The first-order valence-corrected chi connectivity index (χ1v) is 4.57. The number of nitrogens with one attached hydrogen (secondary N) is 1. The SMILES string of the molecule is O=S(=O)([O-])C12C=CC(=CC1)N2.[Na+]. The molecule has 4 nitrogen and oxygen atoms in total. The van der Waals surface area contributed by atoms with Crippen molar-refractivity contribution in [3.63, 3.8) is 0 Å². The second-order valence-corrected chi connectivity index (χ2v) is 4.30. The average molecular weight is 195 g/mol. The molecule has 60 valence electrons. The van der Waals surface area contributed by atoms with E-state index in [0.29, 0.717) is 0 Å². The van der Waals surface area contributed by atoms with E-state index in [4.69, 9.17) is 0 Å². The molecule has 2 bridgehead atoms. The molecular formula is C6H6NNaO3S. The van der Waals surface area contributed by atoms with Crippen LogP contribution in [0.3, 0.4) is 0 Å². The fourth-order valence-electron chi connectivity index (χ4n) is 1.30. The van der Waals surface area contributed by atoms with E-state index in [1.807, 2.05) is 0 Å². The van der Waals surface area contributed by atoms with Crippen molar-refractivity contribution >= 4 is 10.1 Å². The van der Waals surface area contributed by atoms with Crippen LogP contribution in [0.5, 0.6) is 0 Å². The molecule has 6 heteroatoms. The summed E-state index contributed by atoms with van der Waals surface area (Å²) in [5.74, 6) is 0. The van der Waals surface area contributed by atoms with E-state index in [2.05, 4.69) is 5.32 Å². The van der Waals surface area contributed by atoms with Crippen LogP contribution < -0.4 is 34.9 Å². The molecule has 0 aliphatic carbocycles. The van der Waals surface area contributed by atoms with Crippen molar-refractivity contribution in [1.82, 2.24) is 5.32 Å². The molecule has 1 N–H and O–H groups in total. The molecule has 2 rings (SSSR count). The number of hydrogen-bond donors (Lipinski definition) is 1. The molecule has 0 spiro atoms. The van der Waals surface area contributed by atoms with Crippen molar-refractivity contribution < 1.29 is 42.5 Å². The van der Waals surface area contributed by atoms with Gasteiger partial charge in [-0.3, -0.25) is 0 Å². The van der Waals surface area contributed by atoms with Gasteiger partial charge in [0, 0.05) is 12.1 Å². The first-order chi connectivity index (χ1) is 5.04. The van der Waals surface area contributed by atoms with E-state index in [-0.39, 0.29) is 36.0 Å². The Kier molecular flexibility index (Phi) is 2.44. The zero-order valence-corrected chi connectivity index (χ0v) is 9.39. The van der Waals surface area contributed by atoms with E-state index in [0.717, 1.165) is 5.70 Å². The maximum absolute atomic E-state index is 10.7. The van der Waals surface area contributed by atoms with Crippen molar-refractivity contribution in [3.8, 4) is 0 Å². The second-order valence-electron chi connectivity index (χ2n) is 2.67. The largest absolute Gasteiger partial charge is 1.00 e. The summed E-state index contributed by atoms with van der Waals surface area (Å²) in [5.41, 5.74) is 0.726. The first-order valence-electron chi connectivity index (χ1n) is 3.17. The van der Waals surface area contributed by atoms with Gasteiger partial charge in [0.2, 0.25) is 0 Å². The molecule has 2 aliphatic rings. The van der Waals surface area contributed by atoms with Gasteiger partial charge in [0.05, 0.1) is 0 Å². The summed E-state index contributed by atoms with van der Waals surface area (Å²) in [6.45, 7) is 0. The zero-order valence-electron chi connectivity index (χ0n) is 6.57. The fourth-order valence-corrected chi connectivity index (χ4v) is 2.06. The Bertz CT molecular complexity index is 359. The van der Waals surface area contributed by atoms with Crippen LogP contribution in [0.15, 0.2) is 23.9 Å². The smallest absolute Gasteiger partial charge is 0.746 e. The Balaban J connectivity index is 0.000000720. The van der Waals surface area contributed by atoms with Crippen LogP contribution in [0.4, 0.5) is 0 Å². The van der Waals surface area contributed by atoms with Crippen LogP contribution in [0.2, 0.25) is 0 Å². The topological polar surface area (TPSA) is 69.2 Å². The van der Waals surface area contributed by atoms with Crippen LogP contribution >= 0.6 is 0 Å². The van der Waals surface area contributed by atoms with Gasteiger partial charge < -0.3 is 9.87 Å². The van der Waals surface area contributed by atoms with E-state index in [1.165, 1.54) is 6.08 Å². The van der Waals surface area contributed by atoms with E-state index in [1.54, 1.807) is 12.2 Å². The first kappa shape index (κ1) is 10.3. The van der Waals surface area contributed by atoms with Crippen LogP contribution in [0, 0.1) is 0 Å². The van der Waals surface area contributed by atoms with Crippen LogP contribution in [-0.4, -0.2) is 17.8 Å². The van der Waals surface area contributed by atoms with Crippen LogP contribution in [0.25, 0.3) is 0 Å². The fraction of sp³-hybridized carbons (Fsp3) is 0.333. The Morgan fingerprint density at radius 3 is 2.42 bits per heavy atom. The molecule has 2 heterocycles. The Hall–Kier alpha value is 0.190. The van der Waals surface area contributed by atoms with E-state index >= 15 is 0 Å². The van der Waals surface area contributed by atoms with Crippen LogP contribution in [-0.2, 0) is 10.1 Å². The number of fused-ring (bicyclic) bond motifs is 2. The van der Waals surface area contributed by atoms with Crippen molar-refractivity contribution in [3.05, 3.63) is 23.9 Å². The molecule has 1 unspecified atom stereocenters. The minimum absolute atomic E-state index is 0. The maximum atomic E-state index is 10.7. The van der Waals surface area contributed by atoms with Gasteiger partial charge in [-0.1, -0.05) is 6.08 Å². The molecule has 0 saturated carbocycles. The van der Waals surface area contributed by atoms with Gasteiger partial charge in [-0.05, 0) is 12.2 Å². The third kappa shape index (κ3) is 1.25. The monoisotopic (exact) mass is 195 g/mol. The van der Waals surface area contributed by atoms with Gasteiger partial charge in [-0.25, -0.2) is 8.42 Å². The summed E-state index contributed by atoms with van der Waals surface area (Å²) in [6.07, 6.45) is 4.98. The maximum Gasteiger partial charge on any atom is 1.00 e.